The van der Waals surface area contributed by atoms with Crippen LogP contribution in [0.1, 0.15) is 37.1 Å². The summed E-state index contributed by atoms with van der Waals surface area (Å²) in [7, 11) is 3.88. The molecule has 4 heteroatoms. The molecule has 0 bridgehead atoms. The number of nitrogens with two attached hydrogens (primary N) is 1. The quantitative estimate of drug-likeness (QED) is 0.694. The number of hydrogen-bond donors (Lipinski definition) is 3. The number of hydrogen-bond acceptors (Lipinski definition) is 4. The van der Waals surface area contributed by atoms with Gasteiger partial charge in [0.05, 0.1) is 6.04 Å². The molecular weight excluding hydrogens is 296 g/mol. The van der Waals surface area contributed by atoms with Crippen LogP contribution >= 0.6 is 0 Å². The normalized spacial score (nSPS) is 13.4. The Morgan fingerprint density at radius 3 is 1.88 bits per heavy atom. The van der Waals surface area contributed by atoms with Crippen molar-refractivity contribution in [2.24, 2.45) is 5.73 Å². The second-order valence-corrected chi connectivity index (χ2v) is 5.93. The monoisotopic (exact) mass is 326 g/mol. The standard InChI is InChI=1S/C20H30N4/c1-5-24(6-2)18-13-9-15(10-14-18)19(21)20(23-4)16-7-11-17(22-3)12-8-16/h7-14,19-20,22-23H,5-6,21H2,1-4H3. The van der Waals surface area contributed by atoms with Crippen molar-refractivity contribution < 1.29 is 0 Å². The smallest absolute Gasteiger partial charge is 0.0513 e. The minimum Gasteiger partial charge on any atom is -0.388 e. The van der Waals surface area contributed by atoms with Gasteiger partial charge in [0.15, 0.2) is 0 Å². The van der Waals surface area contributed by atoms with Crippen LogP contribution in [-0.4, -0.2) is 27.2 Å². The Hall–Kier alpha value is -2.04. The first kappa shape index (κ1) is 18.3. The molecule has 0 heterocycles. The lowest BCUT2D eigenvalue weighted by Gasteiger charge is -2.26. The van der Waals surface area contributed by atoms with E-state index in [-0.39, 0.29) is 12.1 Å². The first-order valence-electron chi connectivity index (χ1n) is 8.70. The van der Waals surface area contributed by atoms with E-state index in [4.69, 9.17) is 5.73 Å². The van der Waals surface area contributed by atoms with E-state index >= 15 is 0 Å². The third-order valence-electron chi connectivity index (χ3n) is 4.64. The van der Waals surface area contributed by atoms with E-state index in [1.807, 2.05) is 14.1 Å². The summed E-state index contributed by atoms with van der Waals surface area (Å²) in [5.41, 5.74) is 11.2. The van der Waals surface area contributed by atoms with Crippen molar-refractivity contribution in [3.63, 3.8) is 0 Å². The van der Waals surface area contributed by atoms with Crippen molar-refractivity contribution in [3.8, 4) is 0 Å². The molecule has 0 fully saturated rings. The molecule has 2 aromatic carbocycles. The first-order valence-corrected chi connectivity index (χ1v) is 8.70. The van der Waals surface area contributed by atoms with Gasteiger partial charge >= 0.3 is 0 Å². The molecule has 0 amide bonds. The molecule has 0 aliphatic heterocycles. The number of nitrogens with one attached hydrogen (secondary N) is 2. The van der Waals surface area contributed by atoms with Gasteiger partial charge in [-0.25, -0.2) is 0 Å². The molecule has 0 aliphatic rings. The Bertz CT molecular complexity index is 603. The van der Waals surface area contributed by atoms with Gasteiger partial charge in [-0.05, 0) is 56.3 Å². The second kappa shape index (κ2) is 8.71. The Kier molecular flexibility index (Phi) is 6.64. The molecule has 4 N–H and O–H groups in total. The molecule has 0 saturated heterocycles. The number of anilines is 2. The van der Waals surface area contributed by atoms with Gasteiger partial charge in [0, 0.05) is 37.6 Å². The van der Waals surface area contributed by atoms with Gasteiger partial charge < -0.3 is 21.3 Å². The highest BCUT2D eigenvalue weighted by Gasteiger charge is 2.20. The maximum Gasteiger partial charge on any atom is 0.0513 e. The lowest BCUT2D eigenvalue weighted by atomic mass is 9.94. The van der Waals surface area contributed by atoms with Gasteiger partial charge in [0.1, 0.15) is 0 Å². The zero-order valence-electron chi connectivity index (χ0n) is 15.2. The van der Waals surface area contributed by atoms with Crippen LogP contribution in [-0.2, 0) is 0 Å². The fourth-order valence-electron chi connectivity index (χ4n) is 3.10. The summed E-state index contributed by atoms with van der Waals surface area (Å²) in [4.78, 5) is 2.33. The zero-order valence-corrected chi connectivity index (χ0v) is 15.2. The minimum absolute atomic E-state index is 0.0789. The van der Waals surface area contributed by atoms with Crippen molar-refractivity contribution >= 4 is 11.4 Å². The van der Waals surface area contributed by atoms with Crippen molar-refractivity contribution in [2.45, 2.75) is 25.9 Å². The summed E-state index contributed by atoms with van der Waals surface area (Å²) < 4.78 is 0. The van der Waals surface area contributed by atoms with Crippen molar-refractivity contribution in [1.82, 2.24) is 5.32 Å². The van der Waals surface area contributed by atoms with Crippen LogP contribution in [0.2, 0.25) is 0 Å². The predicted octanol–water partition coefficient (Wildman–Crippen LogP) is 3.54. The number of nitrogens with zero attached hydrogens (tertiary/aromatic N) is 1. The predicted molar refractivity (Wildman–Crippen MR) is 105 cm³/mol. The van der Waals surface area contributed by atoms with Crippen LogP contribution in [0.4, 0.5) is 11.4 Å². The summed E-state index contributed by atoms with van der Waals surface area (Å²) in [6, 6.07) is 17.0. The molecule has 4 nitrogen and oxygen atoms in total. The molecule has 24 heavy (non-hydrogen) atoms. The van der Waals surface area contributed by atoms with Crippen LogP contribution in [0.15, 0.2) is 48.5 Å². The van der Waals surface area contributed by atoms with Gasteiger partial charge in [-0.1, -0.05) is 24.3 Å². The molecule has 2 unspecified atom stereocenters. The van der Waals surface area contributed by atoms with Crippen LogP contribution in [0.3, 0.4) is 0 Å². The number of benzene rings is 2. The number of rotatable bonds is 8. The van der Waals surface area contributed by atoms with E-state index in [0.29, 0.717) is 0 Å². The van der Waals surface area contributed by atoms with E-state index in [0.717, 1.165) is 24.3 Å². The molecule has 0 aliphatic carbocycles. The molecule has 2 aromatic rings. The van der Waals surface area contributed by atoms with Crippen molar-refractivity contribution in [3.05, 3.63) is 59.7 Å². The van der Waals surface area contributed by atoms with Crippen LogP contribution in [0, 0.1) is 0 Å². The molecule has 2 atom stereocenters. The lowest BCUT2D eigenvalue weighted by molar-refractivity contribution is 0.491. The van der Waals surface area contributed by atoms with E-state index < -0.39 is 0 Å². The Morgan fingerprint density at radius 2 is 1.42 bits per heavy atom. The molecular formula is C20H30N4. The summed E-state index contributed by atoms with van der Waals surface area (Å²) >= 11 is 0. The lowest BCUT2D eigenvalue weighted by Crippen LogP contribution is -2.29. The molecule has 0 aromatic heterocycles. The first-order chi connectivity index (χ1) is 11.6. The maximum absolute atomic E-state index is 6.55. The zero-order chi connectivity index (χ0) is 17.5. The summed E-state index contributed by atoms with van der Waals surface area (Å²) in [5, 5.41) is 6.50. The summed E-state index contributed by atoms with van der Waals surface area (Å²) in [5.74, 6) is 0. The SMILES string of the molecule is CCN(CC)c1ccc(C(N)C(NC)c2ccc(NC)cc2)cc1. The van der Waals surface area contributed by atoms with Crippen molar-refractivity contribution in [1.29, 1.82) is 0 Å². The average molecular weight is 326 g/mol. The third kappa shape index (κ3) is 4.08. The maximum atomic E-state index is 6.55. The Morgan fingerprint density at radius 1 is 0.875 bits per heavy atom. The second-order valence-electron chi connectivity index (χ2n) is 5.93. The van der Waals surface area contributed by atoms with Gasteiger partial charge in [-0.3, -0.25) is 0 Å². The van der Waals surface area contributed by atoms with Crippen LogP contribution < -0.4 is 21.3 Å². The highest BCUT2D eigenvalue weighted by molar-refractivity contribution is 5.49. The molecule has 2 rings (SSSR count). The molecule has 0 spiro atoms. The topological polar surface area (TPSA) is 53.3 Å². The number of likely N-dealkylation sites (N-methyl/N-ethyl adjacent to an activating group) is 1. The van der Waals surface area contributed by atoms with E-state index in [1.165, 1.54) is 11.3 Å². The largest absolute Gasteiger partial charge is 0.388 e. The highest BCUT2D eigenvalue weighted by Crippen LogP contribution is 2.28. The van der Waals surface area contributed by atoms with E-state index in [2.05, 4.69) is 77.9 Å². The Balaban J connectivity index is 2.19. The highest BCUT2D eigenvalue weighted by atomic mass is 15.1. The molecule has 130 valence electrons. The minimum atomic E-state index is -0.0961. The molecule has 0 radical (unpaired) electrons. The van der Waals surface area contributed by atoms with Gasteiger partial charge in [-0.2, -0.15) is 0 Å². The van der Waals surface area contributed by atoms with E-state index in [1.54, 1.807) is 0 Å². The third-order valence-corrected chi connectivity index (χ3v) is 4.64. The van der Waals surface area contributed by atoms with Gasteiger partial charge in [0.25, 0.3) is 0 Å². The fourth-order valence-corrected chi connectivity index (χ4v) is 3.10. The average Bonchev–Trinajstić information content (AvgIpc) is 2.64. The van der Waals surface area contributed by atoms with Crippen LogP contribution in [0.5, 0.6) is 0 Å². The summed E-state index contributed by atoms with van der Waals surface area (Å²) in [6.45, 7) is 6.38. The van der Waals surface area contributed by atoms with Gasteiger partial charge in [0.2, 0.25) is 0 Å². The fraction of sp³-hybridized carbons (Fsp3) is 0.400. The van der Waals surface area contributed by atoms with Gasteiger partial charge in [-0.15, -0.1) is 0 Å². The van der Waals surface area contributed by atoms with Crippen molar-refractivity contribution in [2.75, 3.05) is 37.4 Å². The van der Waals surface area contributed by atoms with E-state index in [9.17, 15) is 0 Å². The van der Waals surface area contributed by atoms with Crippen LogP contribution in [0.25, 0.3) is 0 Å². The molecule has 0 saturated carbocycles. The Labute approximate surface area is 146 Å². The summed E-state index contributed by atoms with van der Waals surface area (Å²) in [6.07, 6.45) is 0.